The summed E-state index contributed by atoms with van der Waals surface area (Å²) in [4.78, 5) is 21.3. The SMILES string of the molecule is CCO[C@H](C)c1nc(CC(=O)N[C@@H]2CCc3nc(C)cn3C2)cs1. The summed E-state index contributed by atoms with van der Waals surface area (Å²) in [6, 6.07) is 0.166. The molecule has 24 heavy (non-hydrogen) atoms. The van der Waals surface area contributed by atoms with Gasteiger partial charge in [0.1, 0.15) is 16.9 Å². The minimum atomic E-state index is -0.0157. The van der Waals surface area contributed by atoms with Crippen molar-refractivity contribution in [2.24, 2.45) is 0 Å². The molecule has 1 aliphatic rings. The third kappa shape index (κ3) is 4.02. The lowest BCUT2D eigenvalue weighted by atomic mass is 10.1. The maximum atomic E-state index is 12.3. The van der Waals surface area contributed by atoms with Crippen LogP contribution in [0.3, 0.4) is 0 Å². The molecule has 2 atom stereocenters. The number of hydrogen-bond acceptors (Lipinski definition) is 5. The summed E-state index contributed by atoms with van der Waals surface area (Å²) in [6.07, 6.45) is 4.20. The molecule has 0 aliphatic carbocycles. The summed E-state index contributed by atoms with van der Waals surface area (Å²) in [7, 11) is 0. The Kier molecular flexibility index (Phi) is 5.30. The molecule has 0 fully saturated rings. The first kappa shape index (κ1) is 17.1. The van der Waals surface area contributed by atoms with E-state index in [-0.39, 0.29) is 18.1 Å². The van der Waals surface area contributed by atoms with Crippen LogP contribution < -0.4 is 5.32 Å². The van der Waals surface area contributed by atoms with Crippen molar-refractivity contribution in [2.45, 2.75) is 58.7 Å². The van der Waals surface area contributed by atoms with Gasteiger partial charge in [-0.3, -0.25) is 4.79 Å². The molecule has 2 aromatic heterocycles. The van der Waals surface area contributed by atoms with E-state index in [1.807, 2.05) is 26.2 Å². The van der Waals surface area contributed by atoms with E-state index in [4.69, 9.17) is 4.74 Å². The Hall–Kier alpha value is -1.73. The highest BCUT2D eigenvalue weighted by Crippen LogP contribution is 2.21. The van der Waals surface area contributed by atoms with Gasteiger partial charge < -0.3 is 14.6 Å². The fourth-order valence-electron chi connectivity index (χ4n) is 3.06. The lowest BCUT2D eigenvalue weighted by Gasteiger charge is -2.24. The molecule has 6 nitrogen and oxygen atoms in total. The number of carbonyl (C=O) groups is 1. The second kappa shape index (κ2) is 7.44. The van der Waals surface area contributed by atoms with Crippen molar-refractivity contribution in [2.75, 3.05) is 6.61 Å². The van der Waals surface area contributed by atoms with E-state index < -0.39 is 0 Å². The van der Waals surface area contributed by atoms with Gasteiger partial charge in [0, 0.05) is 37.2 Å². The average Bonchev–Trinajstić information content (AvgIpc) is 3.12. The van der Waals surface area contributed by atoms with Crippen molar-refractivity contribution in [3.8, 4) is 0 Å². The summed E-state index contributed by atoms with van der Waals surface area (Å²) in [6.45, 7) is 7.41. The maximum Gasteiger partial charge on any atom is 0.226 e. The number of carbonyl (C=O) groups excluding carboxylic acids is 1. The van der Waals surface area contributed by atoms with E-state index in [0.717, 1.165) is 41.6 Å². The van der Waals surface area contributed by atoms with E-state index >= 15 is 0 Å². The van der Waals surface area contributed by atoms with Crippen molar-refractivity contribution in [3.05, 3.63) is 33.8 Å². The summed E-state index contributed by atoms with van der Waals surface area (Å²) in [5.74, 6) is 1.15. The first-order valence-electron chi connectivity index (χ1n) is 8.43. The number of imidazole rings is 1. The topological polar surface area (TPSA) is 69.0 Å². The Balaban J connectivity index is 1.53. The Morgan fingerprint density at radius 3 is 3.17 bits per heavy atom. The van der Waals surface area contributed by atoms with Crippen LogP contribution in [0.25, 0.3) is 0 Å². The molecule has 0 spiro atoms. The summed E-state index contributed by atoms with van der Waals surface area (Å²) >= 11 is 1.55. The van der Waals surface area contributed by atoms with Gasteiger partial charge in [-0.2, -0.15) is 0 Å². The highest BCUT2D eigenvalue weighted by atomic mass is 32.1. The predicted molar refractivity (Wildman–Crippen MR) is 93.1 cm³/mol. The van der Waals surface area contributed by atoms with Crippen LogP contribution in [0.4, 0.5) is 0 Å². The summed E-state index contributed by atoms with van der Waals surface area (Å²) in [5.41, 5.74) is 1.85. The molecule has 0 radical (unpaired) electrons. The Labute approximate surface area is 146 Å². The van der Waals surface area contributed by atoms with Crippen LogP contribution >= 0.6 is 11.3 Å². The van der Waals surface area contributed by atoms with E-state index in [0.29, 0.717) is 13.0 Å². The molecular formula is C17H24N4O2S. The molecule has 0 saturated heterocycles. The molecular weight excluding hydrogens is 324 g/mol. The van der Waals surface area contributed by atoms with Gasteiger partial charge in [-0.15, -0.1) is 11.3 Å². The monoisotopic (exact) mass is 348 g/mol. The van der Waals surface area contributed by atoms with Crippen molar-refractivity contribution in [3.63, 3.8) is 0 Å². The lowest BCUT2D eigenvalue weighted by molar-refractivity contribution is -0.121. The quantitative estimate of drug-likeness (QED) is 0.870. The van der Waals surface area contributed by atoms with Crippen molar-refractivity contribution >= 4 is 17.2 Å². The van der Waals surface area contributed by atoms with E-state index in [9.17, 15) is 4.79 Å². The molecule has 1 aliphatic heterocycles. The molecule has 0 aromatic carbocycles. The maximum absolute atomic E-state index is 12.3. The van der Waals surface area contributed by atoms with Crippen LogP contribution in [0, 0.1) is 6.92 Å². The van der Waals surface area contributed by atoms with Crippen molar-refractivity contribution in [1.82, 2.24) is 19.9 Å². The van der Waals surface area contributed by atoms with Gasteiger partial charge in [0.15, 0.2) is 0 Å². The molecule has 3 rings (SSSR count). The van der Waals surface area contributed by atoms with Gasteiger partial charge >= 0.3 is 0 Å². The third-order valence-corrected chi connectivity index (χ3v) is 5.21. The van der Waals surface area contributed by atoms with Crippen molar-refractivity contribution < 1.29 is 9.53 Å². The number of aromatic nitrogens is 3. The number of ether oxygens (including phenoxy) is 1. The second-order valence-electron chi connectivity index (χ2n) is 6.21. The highest BCUT2D eigenvalue weighted by molar-refractivity contribution is 7.09. The number of nitrogens with one attached hydrogen (secondary N) is 1. The highest BCUT2D eigenvalue weighted by Gasteiger charge is 2.21. The smallest absolute Gasteiger partial charge is 0.226 e. The van der Waals surface area contributed by atoms with Gasteiger partial charge in [0.2, 0.25) is 5.91 Å². The Morgan fingerprint density at radius 2 is 2.38 bits per heavy atom. The van der Waals surface area contributed by atoms with Gasteiger partial charge in [-0.05, 0) is 27.2 Å². The number of rotatable bonds is 6. The first-order chi connectivity index (χ1) is 11.5. The number of thiazole rings is 1. The minimum absolute atomic E-state index is 0.0157. The molecule has 0 unspecified atom stereocenters. The third-order valence-electron chi connectivity index (χ3n) is 4.15. The summed E-state index contributed by atoms with van der Waals surface area (Å²) < 4.78 is 7.69. The van der Waals surface area contributed by atoms with Crippen LogP contribution in [0.15, 0.2) is 11.6 Å². The lowest BCUT2D eigenvalue weighted by Crippen LogP contribution is -2.41. The van der Waals surface area contributed by atoms with E-state index in [1.165, 1.54) is 0 Å². The van der Waals surface area contributed by atoms with Crippen LogP contribution in [-0.2, 0) is 28.9 Å². The molecule has 2 aromatic rings. The number of fused-ring (bicyclic) bond motifs is 1. The molecule has 0 saturated carbocycles. The Morgan fingerprint density at radius 1 is 1.54 bits per heavy atom. The minimum Gasteiger partial charge on any atom is -0.372 e. The number of hydrogen-bond donors (Lipinski definition) is 1. The van der Waals surface area contributed by atoms with Crippen LogP contribution in [-0.4, -0.2) is 33.1 Å². The normalized spacial score (nSPS) is 18.2. The second-order valence-corrected chi connectivity index (χ2v) is 7.10. The van der Waals surface area contributed by atoms with Gasteiger partial charge in [0.25, 0.3) is 0 Å². The van der Waals surface area contributed by atoms with Crippen LogP contribution in [0.1, 0.15) is 48.6 Å². The molecule has 3 heterocycles. The van der Waals surface area contributed by atoms with E-state index in [2.05, 4.69) is 26.0 Å². The molecule has 1 N–H and O–H groups in total. The fraction of sp³-hybridized carbons (Fsp3) is 0.588. The zero-order chi connectivity index (χ0) is 17.1. The van der Waals surface area contributed by atoms with Crippen LogP contribution in [0.5, 0.6) is 0 Å². The zero-order valence-corrected chi connectivity index (χ0v) is 15.2. The number of amides is 1. The number of aryl methyl sites for hydroxylation is 2. The largest absolute Gasteiger partial charge is 0.372 e. The van der Waals surface area contributed by atoms with Gasteiger partial charge in [-0.25, -0.2) is 9.97 Å². The summed E-state index contributed by atoms with van der Waals surface area (Å²) in [5, 5.41) is 6.00. The Bertz CT molecular complexity index is 709. The molecule has 7 heteroatoms. The molecule has 1 amide bonds. The first-order valence-corrected chi connectivity index (χ1v) is 9.31. The van der Waals surface area contributed by atoms with E-state index in [1.54, 1.807) is 11.3 Å². The van der Waals surface area contributed by atoms with Gasteiger partial charge in [-0.1, -0.05) is 0 Å². The molecule has 130 valence electrons. The van der Waals surface area contributed by atoms with Crippen LogP contribution in [0.2, 0.25) is 0 Å². The zero-order valence-electron chi connectivity index (χ0n) is 14.4. The standard InChI is InChI=1S/C17H24N4O2S/c1-4-23-12(3)17-20-14(10-24-17)7-16(22)19-13-5-6-15-18-11(2)8-21(15)9-13/h8,10,12-13H,4-7,9H2,1-3H3,(H,19,22)/t12-,13-/m1/s1. The molecule has 0 bridgehead atoms. The van der Waals surface area contributed by atoms with Crippen molar-refractivity contribution in [1.29, 1.82) is 0 Å². The van der Waals surface area contributed by atoms with Gasteiger partial charge in [0.05, 0.1) is 17.8 Å². The predicted octanol–water partition coefficient (Wildman–Crippen LogP) is 2.42. The fourth-order valence-corrected chi connectivity index (χ4v) is 3.88. The average molecular weight is 348 g/mol. The number of nitrogens with zero attached hydrogens (tertiary/aromatic N) is 3.